The fraction of sp³-hybridized carbons (Fsp3) is 0.192. The Kier molecular flexibility index (Phi) is 8.63. The molecule has 0 radical (unpaired) electrons. The maximum Gasteiger partial charge on any atom is 0.336 e. The van der Waals surface area contributed by atoms with E-state index >= 15 is 0 Å². The number of aliphatic hydroxyl groups excluding tert-OH is 2. The van der Waals surface area contributed by atoms with Crippen LogP contribution in [0.4, 0.5) is 0 Å². The second kappa shape index (κ2) is 12.1. The van der Waals surface area contributed by atoms with E-state index in [2.05, 4.69) is 4.98 Å². The summed E-state index contributed by atoms with van der Waals surface area (Å²) in [5.41, 5.74) is 1.14. The van der Waals surface area contributed by atoms with Gasteiger partial charge in [0, 0.05) is 53.8 Å². The number of hydrogen-bond donors (Lipinski definition) is 2. The summed E-state index contributed by atoms with van der Waals surface area (Å²) in [6.45, 7) is 0.885. The van der Waals surface area contributed by atoms with E-state index in [0.29, 0.717) is 46.9 Å². The molecule has 8 nitrogen and oxygen atoms in total. The van der Waals surface area contributed by atoms with Crippen molar-refractivity contribution in [3.63, 3.8) is 0 Å². The van der Waals surface area contributed by atoms with Crippen LogP contribution >= 0.6 is 22.9 Å². The van der Waals surface area contributed by atoms with Crippen molar-refractivity contribution in [1.29, 1.82) is 0 Å². The van der Waals surface area contributed by atoms with Crippen LogP contribution in [0.15, 0.2) is 75.1 Å². The Hall–Kier alpha value is -3.34. The van der Waals surface area contributed by atoms with Gasteiger partial charge in [0.15, 0.2) is 10.8 Å². The number of ketones is 1. The zero-order valence-corrected chi connectivity index (χ0v) is 20.7. The molecule has 36 heavy (non-hydrogen) atoms. The maximum absolute atomic E-state index is 13.1. The number of carbonyl (C=O) groups excluding carboxylic acids is 1. The first kappa shape index (κ1) is 25.7. The molecule has 4 rings (SSSR count). The molecule has 0 spiro atoms. The van der Waals surface area contributed by atoms with Crippen molar-refractivity contribution in [2.45, 2.75) is 6.54 Å². The van der Waals surface area contributed by atoms with Gasteiger partial charge in [-0.25, -0.2) is 9.78 Å². The van der Waals surface area contributed by atoms with Crippen LogP contribution in [0.25, 0.3) is 17.0 Å². The Morgan fingerprint density at radius 1 is 1.11 bits per heavy atom. The van der Waals surface area contributed by atoms with E-state index in [4.69, 9.17) is 20.8 Å². The first-order valence-electron chi connectivity index (χ1n) is 11.1. The van der Waals surface area contributed by atoms with Crippen LogP contribution in [0.5, 0.6) is 5.75 Å². The molecular formula is C26H23ClN2O6S. The average Bonchev–Trinajstić information content (AvgIpc) is 3.40. The Morgan fingerprint density at radius 3 is 2.53 bits per heavy atom. The van der Waals surface area contributed by atoms with E-state index in [1.54, 1.807) is 60.1 Å². The number of halogens is 1. The van der Waals surface area contributed by atoms with Gasteiger partial charge < -0.3 is 19.4 Å². The summed E-state index contributed by atoms with van der Waals surface area (Å²) >= 11 is 7.18. The highest BCUT2D eigenvalue weighted by atomic mass is 35.5. The molecule has 2 aromatic heterocycles. The molecule has 2 heterocycles. The highest BCUT2D eigenvalue weighted by molar-refractivity contribution is 7.11. The smallest absolute Gasteiger partial charge is 0.336 e. The molecule has 0 saturated heterocycles. The number of aromatic nitrogens is 1. The maximum atomic E-state index is 13.1. The molecule has 186 valence electrons. The van der Waals surface area contributed by atoms with Crippen LogP contribution in [0.2, 0.25) is 5.02 Å². The Balaban J connectivity index is 1.69. The number of ether oxygens (including phenoxy) is 1. The zero-order chi connectivity index (χ0) is 25.5. The van der Waals surface area contributed by atoms with Gasteiger partial charge in [0.2, 0.25) is 0 Å². The molecule has 0 saturated carbocycles. The van der Waals surface area contributed by atoms with E-state index in [1.807, 2.05) is 4.90 Å². The highest BCUT2D eigenvalue weighted by Gasteiger charge is 2.19. The van der Waals surface area contributed by atoms with Crippen molar-refractivity contribution in [2.24, 2.45) is 0 Å². The summed E-state index contributed by atoms with van der Waals surface area (Å²) in [7, 11) is 0. The van der Waals surface area contributed by atoms with Gasteiger partial charge in [-0.3, -0.25) is 9.69 Å². The number of thiazole rings is 1. The molecule has 0 aliphatic carbocycles. The molecule has 0 aliphatic rings. The summed E-state index contributed by atoms with van der Waals surface area (Å²) < 4.78 is 11.4. The van der Waals surface area contributed by atoms with Crippen molar-refractivity contribution < 1.29 is 24.2 Å². The number of rotatable bonds is 11. The Labute approximate surface area is 215 Å². The molecule has 10 heteroatoms. The second-order valence-corrected chi connectivity index (χ2v) is 9.13. The van der Waals surface area contributed by atoms with Crippen LogP contribution in [0.1, 0.15) is 20.9 Å². The van der Waals surface area contributed by atoms with Gasteiger partial charge in [-0.05, 0) is 41.5 Å². The minimum atomic E-state index is -0.543. The average molecular weight is 527 g/mol. The van der Waals surface area contributed by atoms with Crippen LogP contribution < -0.4 is 10.4 Å². The van der Waals surface area contributed by atoms with Gasteiger partial charge in [-0.2, -0.15) is 0 Å². The van der Waals surface area contributed by atoms with Crippen molar-refractivity contribution in [1.82, 2.24) is 9.88 Å². The molecule has 0 fully saturated rings. The highest BCUT2D eigenvalue weighted by Crippen LogP contribution is 2.27. The fourth-order valence-corrected chi connectivity index (χ4v) is 4.32. The van der Waals surface area contributed by atoms with Gasteiger partial charge in [0.1, 0.15) is 11.3 Å². The van der Waals surface area contributed by atoms with Crippen molar-refractivity contribution in [3.05, 3.63) is 97.4 Å². The summed E-state index contributed by atoms with van der Waals surface area (Å²) in [5.74, 6) is -0.0448. The molecule has 2 N–H and O–H groups in total. The lowest BCUT2D eigenvalue weighted by Gasteiger charge is -2.20. The molecule has 0 unspecified atom stereocenters. The fourth-order valence-electron chi connectivity index (χ4n) is 3.62. The van der Waals surface area contributed by atoms with Gasteiger partial charge in [0.25, 0.3) is 5.78 Å². The minimum Gasteiger partial charge on any atom is -0.453 e. The molecule has 0 amide bonds. The lowest BCUT2D eigenvalue weighted by atomic mass is 10.1. The summed E-state index contributed by atoms with van der Waals surface area (Å²) in [6, 6.07) is 13.3. The first-order chi connectivity index (χ1) is 17.5. The van der Waals surface area contributed by atoms with E-state index < -0.39 is 5.63 Å². The van der Waals surface area contributed by atoms with E-state index in [0.717, 1.165) is 0 Å². The summed E-state index contributed by atoms with van der Waals surface area (Å²) in [6.07, 6.45) is 3.14. The number of nitrogens with zero attached hydrogens (tertiary/aromatic N) is 2. The number of fused-ring (bicyclic) bond motifs is 1. The third-order valence-electron chi connectivity index (χ3n) is 5.27. The standard InChI is InChI=1S/C26H23ClN2O6S/c27-19-3-1-17(2-4-19)13-23(25(33)26-28-7-12-36-26)34-20-5-6-21-18(14-24(32)35-22(21)15-20)16-29(8-10-30)9-11-31/h1-7,12-15,30-31H,8-11,16H2/b23-13-. The summed E-state index contributed by atoms with van der Waals surface area (Å²) in [5, 5.41) is 21.8. The van der Waals surface area contributed by atoms with Crippen molar-refractivity contribution in [3.8, 4) is 5.75 Å². The van der Waals surface area contributed by atoms with Crippen LogP contribution in [-0.4, -0.2) is 52.2 Å². The molecule has 2 aromatic carbocycles. The monoisotopic (exact) mass is 526 g/mol. The van der Waals surface area contributed by atoms with Gasteiger partial charge in [0.05, 0.1) is 13.2 Å². The third-order valence-corrected chi connectivity index (χ3v) is 6.30. The number of carbonyl (C=O) groups is 1. The van der Waals surface area contributed by atoms with Crippen molar-refractivity contribution in [2.75, 3.05) is 26.3 Å². The van der Waals surface area contributed by atoms with Gasteiger partial charge >= 0.3 is 5.63 Å². The Bertz CT molecular complexity index is 1410. The molecule has 0 atom stereocenters. The van der Waals surface area contributed by atoms with Crippen LogP contribution in [-0.2, 0) is 6.54 Å². The second-order valence-electron chi connectivity index (χ2n) is 7.80. The predicted molar refractivity (Wildman–Crippen MR) is 138 cm³/mol. The predicted octanol–water partition coefficient (Wildman–Crippen LogP) is 3.99. The number of allylic oxidation sites excluding steroid dienone is 1. The topological polar surface area (TPSA) is 113 Å². The molecule has 4 aromatic rings. The third kappa shape index (κ3) is 6.45. The lowest BCUT2D eigenvalue weighted by Crippen LogP contribution is -2.29. The van der Waals surface area contributed by atoms with E-state index in [-0.39, 0.29) is 35.3 Å². The lowest BCUT2D eigenvalue weighted by molar-refractivity contribution is 0.0988. The van der Waals surface area contributed by atoms with Crippen molar-refractivity contribution >= 4 is 45.8 Å². The van der Waals surface area contributed by atoms with E-state index in [9.17, 15) is 19.8 Å². The van der Waals surface area contributed by atoms with Gasteiger partial charge in [-0.15, -0.1) is 11.3 Å². The Morgan fingerprint density at radius 2 is 1.86 bits per heavy atom. The van der Waals surface area contributed by atoms with Crippen LogP contribution in [0.3, 0.4) is 0 Å². The minimum absolute atomic E-state index is 0.0437. The number of benzene rings is 2. The SMILES string of the molecule is O=C(/C(=C/c1ccc(Cl)cc1)Oc1ccc2c(CN(CCO)CCO)cc(=O)oc2c1)c1nccs1. The van der Waals surface area contributed by atoms with Crippen LogP contribution in [0, 0.1) is 0 Å². The van der Waals surface area contributed by atoms with Gasteiger partial charge in [-0.1, -0.05) is 23.7 Å². The zero-order valence-electron chi connectivity index (χ0n) is 19.1. The van der Waals surface area contributed by atoms with E-state index in [1.165, 1.54) is 17.4 Å². The summed E-state index contributed by atoms with van der Waals surface area (Å²) in [4.78, 5) is 31.3. The normalized spacial score (nSPS) is 11.8. The molecule has 0 bridgehead atoms. The number of aliphatic hydroxyl groups is 2. The number of hydrogen-bond acceptors (Lipinski definition) is 9. The molecule has 0 aliphatic heterocycles. The quantitative estimate of drug-likeness (QED) is 0.130. The molecular weight excluding hydrogens is 504 g/mol. The number of Topliss-reactive ketones (excluding diaryl/α,β-unsaturated/α-hetero) is 1. The first-order valence-corrected chi connectivity index (χ1v) is 12.3. The largest absolute Gasteiger partial charge is 0.453 e.